The summed E-state index contributed by atoms with van der Waals surface area (Å²) in [5, 5.41) is 11.2. The molecule has 0 radical (unpaired) electrons. The molecule has 7 heteroatoms. The molecule has 0 bridgehead atoms. The summed E-state index contributed by atoms with van der Waals surface area (Å²) in [4.78, 5) is 14.8. The third-order valence-corrected chi connectivity index (χ3v) is 3.40. The second kappa shape index (κ2) is 5.38. The van der Waals surface area contributed by atoms with Gasteiger partial charge in [-0.05, 0) is 12.5 Å². The number of nitrogens with zero attached hydrogens (tertiary/aromatic N) is 2. The fraction of sp³-hybridized carbons (Fsp3) is 0.364. The van der Waals surface area contributed by atoms with E-state index in [1.54, 1.807) is 18.7 Å². The van der Waals surface area contributed by atoms with E-state index in [0.717, 1.165) is 4.70 Å². The Kier molecular flexibility index (Phi) is 3.85. The van der Waals surface area contributed by atoms with Gasteiger partial charge in [-0.3, -0.25) is 10.1 Å². The van der Waals surface area contributed by atoms with Crippen LogP contribution in [0.1, 0.15) is 5.56 Å². The molecule has 2 rings (SSSR count). The van der Waals surface area contributed by atoms with E-state index in [4.69, 9.17) is 10.5 Å². The van der Waals surface area contributed by atoms with E-state index in [9.17, 15) is 10.1 Å². The van der Waals surface area contributed by atoms with Crippen molar-refractivity contribution in [3.05, 3.63) is 33.3 Å². The Labute approximate surface area is 108 Å². The quantitative estimate of drug-likeness (QED) is 0.658. The van der Waals surface area contributed by atoms with Gasteiger partial charge in [-0.15, -0.1) is 11.3 Å². The molecule has 0 fully saturated rings. The topological polar surface area (TPSA) is 91.3 Å². The molecule has 0 amide bonds. The van der Waals surface area contributed by atoms with Gasteiger partial charge >= 0.3 is 0 Å². The van der Waals surface area contributed by atoms with E-state index in [1.165, 1.54) is 11.3 Å². The minimum absolute atomic E-state index is 0.0558. The van der Waals surface area contributed by atoms with Gasteiger partial charge in [0, 0.05) is 18.7 Å². The summed E-state index contributed by atoms with van der Waals surface area (Å²) < 4.78 is 5.75. The van der Waals surface area contributed by atoms with Gasteiger partial charge in [-0.2, -0.15) is 0 Å². The van der Waals surface area contributed by atoms with Crippen LogP contribution in [0, 0.1) is 10.1 Å². The number of aromatic nitrogens is 1. The number of benzene rings is 1. The van der Waals surface area contributed by atoms with Gasteiger partial charge in [0.1, 0.15) is 0 Å². The van der Waals surface area contributed by atoms with Crippen molar-refractivity contribution < 1.29 is 9.66 Å². The average Bonchev–Trinajstić information content (AvgIpc) is 2.76. The number of thiazole rings is 1. The summed E-state index contributed by atoms with van der Waals surface area (Å²) >= 11 is 1.39. The smallest absolute Gasteiger partial charge is 0.299 e. The van der Waals surface area contributed by atoms with Crippen LogP contribution in [0.4, 0.5) is 5.69 Å². The molecule has 1 heterocycles. The molecule has 0 saturated carbocycles. The SMILES string of the molecule is COCC(N)Cc1ccc2scnc2c1[N+](=O)[O-]. The predicted molar refractivity (Wildman–Crippen MR) is 69.8 cm³/mol. The molecule has 2 N–H and O–H groups in total. The van der Waals surface area contributed by atoms with E-state index < -0.39 is 4.92 Å². The Hall–Kier alpha value is -1.57. The van der Waals surface area contributed by atoms with Crippen LogP contribution >= 0.6 is 11.3 Å². The lowest BCUT2D eigenvalue weighted by molar-refractivity contribution is -0.383. The molecule has 0 aliphatic carbocycles. The molecule has 0 aliphatic heterocycles. The summed E-state index contributed by atoms with van der Waals surface area (Å²) in [5.74, 6) is 0. The number of ether oxygens (including phenoxy) is 1. The fourth-order valence-corrected chi connectivity index (χ4v) is 2.56. The van der Waals surface area contributed by atoms with E-state index in [0.29, 0.717) is 24.1 Å². The highest BCUT2D eigenvalue weighted by molar-refractivity contribution is 7.16. The third-order valence-electron chi connectivity index (χ3n) is 2.60. The maximum Gasteiger partial charge on any atom is 0.299 e. The Balaban J connectivity index is 2.43. The largest absolute Gasteiger partial charge is 0.383 e. The molecule has 0 spiro atoms. The van der Waals surface area contributed by atoms with Crippen LogP contribution < -0.4 is 5.73 Å². The van der Waals surface area contributed by atoms with Gasteiger partial charge < -0.3 is 10.5 Å². The second-order valence-corrected chi connectivity index (χ2v) is 4.84. The molecule has 6 nitrogen and oxygen atoms in total. The number of fused-ring (bicyclic) bond motifs is 1. The van der Waals surface area contributed by atoms with Crippen molar-refractivity contribution in [3.63, 3.8) is 0 Å². The number of rotatable bonds is 5. The summed E-state index contributed by atoms with van der Waals surface area (Å²) in [6.45, 7) is 0.367. The van der Waals surface area contributed by atoms with Gasteiger partial charge in [0.05, 0.1) is 21.7 Å². The number of nitro benzene ring substituents is 1. The highest BCUT2D eigenvalue weighted by atomic mass is 32.1. The molecule has 96 valence electrons. The first-order chi connectivity index (χ1) is 8.63. The lowest BCUT2D eigenvalue weighted by Gasteiger charge is -2.10. The fourth-order valence-electron chi connectivity index (χ4n) is 1.88. The van der Waals surface area contributed by atoms with Gasteiger partial charge in [-0.1, -0.05) is 6.07 Å². The lowest BCUT2D eigenvalue weighted by atomic mass is 10.0. The van der Waals surface area contributed by atoms with Crippen molar-refractivity contribution in [2.24, 2.45) is 5.73 Å². The summed E-state index contributed by atoms with van der Waals surface area (Å²) in [6.07, 6.45) is 0.400. The zero-order valence-corrected chi connectivity index (χ0v) is 10.6. The summed E-state index contributed by atoms with van der Waals surface area (Å²) in [6, 6.07) is 3.33. The molecule has 0 saturated heterocycles. The number of methoxy groups -OCH3 is 1. The Morgan fingerprint density at radius 2 is 2.39 bits per heavy atom. The van der Waals surface area contributed by atoms with Crippen molar-refractivity contribution >= 4 is 27.2 Å². The van der Waals surface area contributed by atoms with Crippen molar-refractivity contribution in [1.82, 2.24) is 4.98 Å². The first-order valence-electron chi connectivity index (χ1n) is 5.37. The van der Waals surface area contributed by atoms with E-state index in [2.05, 4.69) is 4.98 Å². The Morgan fingerprint density at radius 3 is 3.06 bits per heavy atom. The van der Waals surface area contributed by atoms with Crippen LogP contribution in [0.25, 0.3) is 10.2 Å². The lowest BCUT2D eigenvalue weighted by Crippen LogP contribution is -2.28. The first-order valence-corrected chi connectivity index (χ1v) is 6.25. The van der Waals surface area contributed by atoms with Gasteiger partial charge in [0.25, 0.3) is 5.69 Å². The van der Waals surface area contributed by atoms with E-state index in [1.807, 2.05) is 6.07 Å². The second-order valence-electron chi connectivity index (χ2n) is 3.95. The zero-order valence-electron chi connectivity index (χ0n) is 9.83. The predicted octanol–water partition coefficient (Wildman–Crippen LogP) is 1.72. The number of hydrogen-bond acceptors (Lipinski definition) is 6. The van der Waals surface area contributed by atoms with Crippen LogP contribution in [-0.4, -0.2) is 29.7 Å². The third kappa shape index (κ3) is 2.47. The normalized spacial score (nSPS) is 12.8. The molecular formula is C11H13N3O3S. The van der Waals surface area contributed by atoms with Crippen LogP contribution in [0.15, 0.2) is 17.6 Å². The van der Waals surface area contributed by atoms with Crippen LogP contribution in [0.3, 0.4) is 0 Å². The van der Waals surface area contributed by atoms with Crippen molar-refractivity contribution in [2.75, 3.05) is 13.7 Å². The first kappa shape index (κ1) is 12.9. The van der Waals surface area contributed by atoms with E-state index in [-0.39, 0.29) is 11.7 Å². The van der Waals surface area contributed by atoms with Gasteiger partial charge in [-0.25, -0.2) is 4.98 Å². The van der Waals surface area contributed by atoms with E-state index >= 15 is 0 Å². The molecule has 1 unspecified atom stereocenters. The Morgan fingerprint density at radius 1 is 1.61 bits per heavy atom. The van der Waals surface area contributed by atoms with Gasteiger partial charge in [0.15, 0.2) is 5.52 Å². The number of hydrogen-bond donors (Lipinski definition) is 1. The summed E-state index contributed by atoms with van der Waals surface area (Å²) in [5.41, 5.74) is 8.54. The van der Waals surface area contributed by atoms with Crippen LogP contribution in [-0.2, 0) is 11.2 Å². The minimum Gasteiger partial charge on any atom is -0.383 e. The molecule has 1 aromatic heterocycles. The summed E-state index contributed by atoms with van der Waals surface area (Å²) in [7, 11) is 1.55. The standard InChI is InChI=1S/C11H13N3O3S/c1-17-5-8(12)4-7-2-3-9-10(13-6-18-9)11(7)14(15)16/h2-3,6,8H,4-5,12H2,1H3. The molecular weight excluding hydrogens is 254 g/mol. The number of nitro groups is 1. The Bertz CT molecular complexity index is 570. The van der Waals surface area contributed by atoms with Crippen molar-refractivity contribution in [3.8, 4) is 0 Å². The average molecular weight is 267 g/mol. The maximum atomic E-state index is 11.2. The molecule has 1 atom stereocenters. The van der Waals surface area contributed by atoms with Crippen LogP contribution in [0.2, 0.25) is 0 Å². The highest BCUT2D eigenvalue weighted by Crippen LogP contribution is 2.31. The molecule has 2 aromatic rings. The van der Waals surface area contributed by atoms with Crippen molar-refractivity contribution in [2.45, 2.75) is 12.5 Å². The molecule has 1 aromatic carbocycles. The molecule has 18 heavy (non-hydrogen) atoms. The van der Waals surface area contributed by atoms with Gasteiger partial charge in [0.2, 0.25) is 0 Å². The highest BCUT2D eigenvalue weighted by Gasteiger charge is 2.21. The number of nitrogens with two attached hydrogens (primary N) is 1. The van der Waals surface area contributed by atoms with Crippen molar-refractivity contribution in [1.29, 1.82) is 0 Å². The monoisotopic (exact) mass is 267 g/mol. The minimum atomic E-state index is -0.392. The molecule has 0 aliphatic rings. The zero-order chi connectivity index (χ0) is 13.1. The van der Waals surface area contributed by atoms with Crippen LogP contribution in [0.5, 0.6) is 0 Å². The maximum absolute atomic E-state index is 11.2.